The van der Waals surface area contributed by atoms with Crippen LogP contribution in [0.2, 0.25) is 0 Å². The fraction of sp³-hybridized carbons (Fsp3) is 0.538. The van der Waals surface area contributed by atoms with Gasteiger partial charge in [0.05, 0.1) is 11.3 Å². The number of halogens is 3. The molecule has 1 aliphatic rings. The van der Waals surface area contributed by atoms with E-state index in [1.165, 1.54) is 13.0 Å². The first kappa shape index (κ1) is 14.8. The lowest BCUT2D eigenvalue weighted by molar-refractivity contribution is -0.141. The lowest BCUT2D eigenvalue weighted by Gasteiger charge is -2.31. The van der Waals surface area contributed by atoms with Gasteiger partial charge in [-0.25, -0.2) is 4.98 Å². The number of aryl methyl sites for hydroxylation is 1. The van der Waals surface area contributed by atoms with Crippen molar-refractivity contribution < 1.29 is 18.0 Å². The molecule has 110 valence electrons. The topological polar surface area (TPSA) is 59.2 Å². The zero-order chi connectivity index (χ0) is 14.9. The number of likely N-dealkylation sites (tertiary alicyclic amines) is 1. The van der Waals surface area contributed by atoms with Crippen LogP contribution in [0.3, 0.4) is 0 Å². The minimum absolute atomic E-state index is 0.0737. The highest BCUT2D eigenvalue weighted by molar-refractivity contribution is 5.95. The maximum absolute atomic E-state index is 12.5. The molecule has 7 heteroatoms. The van der Waals surface area contributed by atoms with Crippen molar-refractivity contribution >= 4 is 5.91 Å². The molecular formula is C13H16F3N3O. The van der Waals surface area contributed by atoms with E-state index in [0.717, 1.165) is 18.9 Å². The Hall–Kier alpha value is -1.63. The molecule has 1 aliphatic heterocycles. The number of pyridine rings is 1. The number of carbonyl (C=O) groups is 1. The molecule has 1 saturated heterocycles. The van der Waals surface area contributed by atoms with Gasteiger partial charge in [-0.2, -0.15) is 13.2 Å². The predicted molar refractivity (Wildman–Crippen MR) is 67.1 cm³/mol. The fourth-order valence-electron chi connectivity index (χ4n) is 2.31. The Morgan fingerprint density at radius 2 is 2.15 bits per heavy atom. The largest absolute Gasteiger partial charge is 0.433 e. The van der Waals surface area contributed by atoms with Crippen molar-refractivity contribution in [1.82, 2.24) is 9.88 Å². The van der Waals surface area contributed by atoms with Crippen LogP contribution in [-0.2, 0) is 6.18 Å². The summed E-state index contributed by atoms with van der Waals surface area (Å²) in [4.78, 5) is 17.3. The van der Waals surface area contributed by atoms with Crippen LogP contribution in [0.5, 0.6) is 0 Å². The highest BCUT2D eigenvalue weighted by Crippen LogP contribution is 2.28. The molecule has 4 nitrogen and oxygen atoms in total. The standard InChI is InChI=1S/C13H16F3N3O/c1-8-10(4-5-11(18-8)13(14,15)16)12(20)19-6-2-3-9(17)7-19/h4-5,9H,2-3,6-7,17H2,1H3. The van der Waals surface area contributed by atoms with E-state index in [9.17, 15) is 18.0 Å². The van der Waals surface area contributed by atoms with Gasteiger partial charge in [0.1, 0.15) is 5.69 Å². The van der Waals surface area contributed by atoms with Gasteiger partial charge < -0.3 is 10.6 Å². The Bertz CT molecular complexity index is 516. The van der Waals surface area contributed by atoms with Gasteiger partial charge >= 0.3 is 6.18 Å². The third-order valence-electron chi connectivity index (χ3n) is 3.35. The second kappa shape index (κ2) is 5.40. The predicted octanol–water partition coefficient (Wildman–Crippen LogP) is 1.97. The molecule has 0 aromatic carbocycles. The van der Waals surface area contributed by atoms with E-state index in [2.05, 4.69) is 4.98 Å². The SMILES string of the molecule is Cc1nc(C(F)(F)F)ccc1C(=O)N1CCCC(N)C1. The monoisotopic (exact) mass is 287 g/mol. The first-order chi connectivity index (χ1) is 9.29. The number of piperidine rings is 1. The lowest BCUT2D eigenvalue weighted by atomic mass is 10.0. The van der Waals surface area contributed by atoms with E-state index in [-0.39, 0.29) is 23.2 Å². The summed E-state index contributed by atoms with van der Waals surface area (Å²) in [6, 6.07) is 1.95. The minimum Gasteiger partial charge on any atom is -0.337 e. The highest BCUT2D eigenvalue weighted by atomic mass is 19.4. The van der Waals surface area contributed by atoms with E-state index in [4.69, 9.17) is 5.73 Å². The van der Waals surface area contributed by atoms with Gasteiger partial charge in [-0.3, -0.25) is 4.79 Å². The summed E-state index contributed by atoms with van der Waals surface area (Å²) in [5.41, 5.74) is 5.11. The number of nitrogens with two attached hydrogens (primary N) is 1. The summed E-state index contributed by atoms with van der Waals surface area (Å²) in [7, 11) is 0. The fourth-order valence-corrected chi connectivity index (χ4v) is 2.31. The molecule has 20 heavy (non-hydrogen) atoms. The Balaban J connectivity index is 2.22. The first-order valence-electron chi connectivity index (χ1n) is 6.38. The van der Waals surface area contributed by atoms with Gasteiger partial charge in [-0.1, -0.05) is 0 Å². The van der Waals surface area contributed by atoms with Crippen molar-refractivity contribution in [3.8, 4) is 0 Å². The molecule has 0 radical (unpaired) electrons. The minimum atomic E-state index is -4.50. The van der Waals surface area contributed by atoms with Gasteiger partial charge in [0.15, 0.2) is 0 Å². The molecule has 0 bridgehead atoms. The maximum Gasteiger partial charge on any atom is 0.433 e. The number of aromatic nitrogens is 1. The molecule has 2 heterocycles. The van der Waals surface area contributed by atoms with Crippen LogP contribution < -0.4 is 5.73 Å². The molecule has 1 amide bonds. The van der Waals surface area contributed by atoms with Crippen LogP contribution in [0.4, 0.5) is 13.2 Å². The van der Waals surface area contributed by atoms with Gasteiger partial charge in [0.2, 0.25) is 0 Å². The van der Waals surface area contributed by atoms with Gasteiger partial charge in [0, 0.05) is 19.1 Å². The average Bonchev–Trinajstić information content (AvgIpc) is 2.36. The number of rotatable bonds is 1. The van der Waals surface area contributed by atoms with Gasteiger partial charge in [-0.15, -0.1) is 0 Å². The Morgan fingerprint density at radius 1 is 1.45 bits per heavy atom. The highest BCUT2D eigenvalue weighted by Gasteiger charge is 2.33. The summed E-state index contributed by atoms with van der Waals surface area (Å²) in [5, 5.41) is 0. The number of carbonyl (C=O) groups excluding carboxylic acids is 1. The molecule has 1 atom stereocenters. The summed E-state index contributed by atoms with van der Waals surface area (Å²) < 4.78 is 37.6. The summed E-state index contributed by atoms with van der Waals surface area (Å²) in [6.07, 6.45) is -2.84. The maximum atomic E-state index is 12.5. The van der Waals surface area contributed by atoms with Crippen LogP contribution in [0.1, 0.15) is 34.6 Å². The van der Waals surface area contributed by atoms with Crippen LogP contribution in [0, 0.1) is 6.92 Å². The molecular weight excluding hydrogens is 271 g/mol. The van der Waals surface area contributed by atoms with E-state index < -0.39 is 11.9 Å². The molecule has 0 saturated carbocycles. The Labute approximate surface area is 114 Å². The van der Waals surface area contributed by atoms with Crippen molar-refractivity contribution in [2.24, 2.45) is 5.73 Å². The van der Waals surface area contributed by atoms with Crippen molar-refractivity contribution in [1.29, 1.82) is 0 Å². The number of alkyl halides is 3. The number of amides is 1. The Kier molecular flexibility index (Phi) is 3.99. The molecule has 0 aliphatic carbocycles. The normalized spacial score (nSPS) is 20.1. The second-order valence-corrected chi connectivity index (χ2v) is 4.98. The number of hydrogen-bond acceptors (Lipinski definition) is 3. The van der Waals surface area contributed by atoms with Gasteiger partial charge in [0.25, 0.3) is 5.91 Å². The van der Waals surface area contributed by atoms with Crippen LogP contribution in [-0.4, -0.2) is 34.9 Å². The molecule has 1 aromatic rings. The summed E-state index contributed by atoms with van der Waals surface area (Å²) >= 11 is 0. The van der Waals surface area contributed by atoms with Crippen molar-refractivity contribution in [2.75, 3.05) is 13.1 Å². The number of nitrogens with zero attached hydrogens (tertiary/aromatic N) is 2. The van der Waals surface area contributed by atoms with E-state index >= 15 is 0 Å². The third kappa shape index (κ3) is 3.09. The smallest absolute Gasteiger partial charge is 0.337 e. The quantitative estimate of drug-likeness (QED) is 0.859. The lowest BCUT2D eigenvalue weighted by Crippen LogP contribution is -2.45. The third-order valence-corrected chi connectivity index (χ3v) is 3.35. The molecule has 2 N–H and O–H groups in total. The first-order valence-corrected chi connectivity index (χ1v) is 6.38. The van der Waals surface area contributed by atoms with Crippen molar-refractivity contribution in [3.63, 3.8) is 0 Å². The van der Waals surface area contributed by atoms with Crippen LogP contribution in [0.25, 0.3) is 0 Å². The average molecular weight is 287 g/mol. The van der Waals surface area contributed by atoms with Crippen molar-refractivity contribution in [3.05, 3.63) is 29.1 Å². The summed E-state index contributed by atoms with van der Waals surface area (Å²) in [6.45, 7) is 2.42. The van der Waals surface area contributed by atoms with Crippen molar-refractivity contribution in [2.45, 2.75) is 32.0 Å². The second-order valence-electron chi connectivity index (χ2n) is 4.98. The zero-order valence-electron chi connectivity index (χ0n) is 11.1. The summed E-state index contributed by atoms with van der Waals surface area (Å²) in [5.74, 6) is -0.307. The van der Waals surface area contributed by atoms with Crippen LogP contribution >= 0.6 is 0 Å². The molecule has 0 spiro atoms. The molecule has 1 unspecified atom stereocenters. The van der Waals surface area contributed by atoms with E-state index in [1.54, 1.807) is 4.90 Å². The molecule has 1 fully saturated rings. The van der Waals surface area contributed by atoms with E-state index in [0.29, 0.717) is 13.1 Å². The van der Waals surface area contributed by atoms with Gasteiger partial charge in [-0.05, 0) is 31.9 Å². The Morgan fingerprint density at radius 3 is 2.70 bits per heavy atom. The number of hydrogen-bond donors (Lipinski definition) is 1. The van der Waals surface area contributed by atoms with E-state index in [1.807, 2.05) is 0 Å². The molecule has 2 rings (SSSR count). The zero-order valence-corrected chi connectivity index (χ0v) is 11.1. The molecule has 1 aromatic heterocycles. The van der Waals surface area contributed by atoms with Crippen LogP contribution in [0.15, 0.2) is 12.1 Å².